The molecule has 0 saturated carbocycles. The van der Waals surface area contributed by atoms with E-state index in [1.165, 1.54) is 38.8 Å². The van der Waals surface area contributed by atoms with E-state index in [0.717, 1.165) is 25.8 Å². The maximum Gasteiger partial charge on any atom is 0.0621 e. The summed E-state index contributed by atoms with van der Waals surface area (Å²) in [5.74, 6) is 0. The van der Waals surface area contributed by atoms with Crippen molar-refractivity contribution in [3.8, 4) is 0 Å². The molecule has 0 bridgehead atoms. The van der Waals surface area contributed by atoms with E-state index in [-0.39, 0.29) is 0 Å². The van der Waals surface area contributed by atoms with Crippen LogP contribution >= 0.6 is 0 Å². The molecule has 2 aliphatic rings. The third-order valence-electron chi connectivity index (χ3n) is 3.68. The van der Waals surface area contributed by atoms with E-state index in [1.54, 1.807) is 0 Å². The molecule has 0 amide bonds. The van der Waals surface area contributed by atoms with Gasteiger partial charge in [0.1, 0.15) is 0 Å². The normalized spacial score (nSPS) is 30.6. The van der Waals surface area contributed by atoms with Crippen LogP contribution in [0.3, 0.4) is 0 Å². The summed E-state index contributed by atoms with van der Waals surface area (Å²) in [5, 5.41) is 3.55. The van der Waals surface area contributed by atoms with Crippen LogP contribution in [0.2, 0.25) is 0 Å². The fourth-order valence-corrected chi connectivity index (χ4v) is 2.77. The molecule has 2 aliphatic heterocycles. The molecule has 0 radical (unpaired) electrons. The monoisotopic (exact) mass is 212 g/mol. The van der Waals surface area contributed by atoms with Gasteiger partial charge in [0.15, 0.2) is 0 Å². The van der Waals surface area contributed by atoms with Crippen LogP contribution in [0, 0.1) is 0 Å². The van der Waals surface area contributed by atoms with Crippen LogP contribution in [0.15, 0.2) is 0 Å². The largest absolute Gasteiger partial charge is 0.380 e. The van der Waals surface area contributed by atoms with Crippen LogP contribution in [0.5, 0.6) is 0 Å². The molecule has 2 heterocycles. The number of nitrogens with one attached hydrogen (secondary N) is 1. The summed E-state index contributed by atoms with van der Waals surface area (Å²) in [6.07, 6.45) is 5.21. The summed E-state index contributed by atoms with van der Waals surface area (Å²) >= 11 is 0. The van der Waals surface area contributed by atoms with Gasteiger partial charge in [0.2, 0.25) is 0 Å². The Bertz CT molecular complexity index is 172. The lowest BCUT2D eigenvalue weighted by molar-refractivity contribution is 0.00771. The van der Waals surface area contributed by atoms with Crippen molar-refractivity contribution in [2.45, 2.75) is 44.7 Å². The number of hydrogen-bond donors (Lipinski definition) is 1. The minimum Gasteiger partial charge on any atom is -0.380 e. The van der Waals surface area contributed by atoms with E-state index >= 15 is 0 Å². The van der Waals surface area contributed by atoms with Gasteiger partial charge < -0.3 is 10.1 Å². The maximum atomic E-state index is 5.55. The molecule has 0 aromatic rings. The quantitative estimate of drug-likeness (QED) is 0.762. The fourth-order valence-electron chi connectivity index (χ4n) is 2.77. The summed E-state index contributed by atoms with van der Waals surface area (Å²) in [7, 11) is 0. The highest BCUT2D eigenvalue weighted by Crippen LogP contribution is 2.18. The summed E-state index contributed by atoms with van der Waals surface area (Å²) in [5.41, 5.74) is 0. The molecule has 0 spiro atoms. The van der Waals surface area contributed by atoms with Crippen molar-refractivity contribution >= 4 is 0 Å². The average Bonchev–Trinajstić information content (AvgIpc) is 2.32. The molecular formula is C12H24N2O. The van der Waals surface area contributed by atoms with Gasteiger partial charge in [-0.1, -0.05) is 6.92 Å². The van der Waals surface area contributed by atoms with E-state index in [0.29, 0.717) is 6.04 Å². The van der Waals surface area contributed by atoms with Gasteiger partial charge >= 0.3 is 0 Å². The van der Waals surface area contributed by atoms with E-state index < -0.39 is 0 Å². The number of rotatable bonds is 3. The lowest BCUT2D eigenvalue weighted by Gasteiger charge is -2.39. The van der Waals surface area contributed by atoms with Gasteiger partial charge in [0.05, 0.1) is 6.61 Å². The minimum absolute atomic E-state index is 0.710. The zero-order valence-corrected chi connectivity index (χ0v) is 9.87. The molecule has 2 fully saturated rings. The summed E-state index contributed by atoms with van der Waals surface area (Å²) in [4.78, 5) is 2.63. The van der Waals surface area contributed by atoms with E-state index in [9.17, 15) is 0 Å². The second kappa shape index (κ2) is 5.83. The molecular weight excluding hydrogens is 188 g/mol. The van der Waals surface area contributed by atoms with Crippen molar-refractivity contribution in [1.29, 1.82) is 0 Å². The van der Waals surface area contributed by atoms with Gasteiger partial charge in [0, 0.05) is 31.8 Å². The predicted molar refractivity (Wildman–Crippen MR) is 62.1 cm³/mol. The van der Waals surface area contributed by atoms with Gasteiger partial charge in [-0.2, -0.15) is 0 Å². The summed E-state index contributed by atoms with van der Waals surface area (Å²) in [6, 6.07) is 1.47. The lowest BCUT2D eigenvalue weighted by atomic mass is 10.0. The zero-order valence-electron chi connectivity index (χ0n) is 9.87. The van der Waals surface area contributed by atoms with Crippen molar-refractivity contribution < 1.29 is 4.74 Å². The molecule has 2 saturated heterocycles. The Morgan fingerprint density at radius 1 is 1.27 bits per heavy atom. The number of hydrogen-bond acceptors (Lipinski definition) is 3. The molecule has 1 N–H and O–H groups in total. The Kier molecular flexibility index (Phi) is 4.42. The second-order valence-corrected chi connectivity index (χ2v) is 4.74. The van der Waals surface area contributed by atoms with Crippen LogP contribution in [-0.2, 0) is 4.74 Å². The van der Waals surface area contributed by atoms with Crippen LogP contribution < -0.4 is 5.32 Å². The van der Waals surface area contributed by atoms with Gasteiger partial charge in [-0.3, -0.25) is 4.90 Å². The lowest BCUT2D eigenvalue weighted by Crippen LogP contribution is -2.49. The molecule has 2 rings (SSSR count). The van der Waals surface area contributed by atoms with Gasteiger partial charge in [-0.25, -0.2) is 0 Å². The third-order valence-corrected chi connectivity index (χ3v) is 3.68. The maximum absolute atomic E-state index is 5.55. The number of ether oxygens (including phenoxy) is 1. The van der Waals surface area contributed by atoms with Crippen LogP contribution in [0.1, 0.15) is 32.6 Å². The highest BCUT2D eigenvalue weighted by Gasteiger charge is 2.25. The standard InChI is InChI=1S/C12H24N2O/c1-2-13-11-5-7-14(8-6-11)12-4-3-9-15-10-12/h11-13H,2-10H2,1H3. The Hall–Kier alpha value is -0.120. The van der Waals surface area contributed by atoms with Crippen molar-refractivity contribution in [2.75, 3.05) is 32.8 Å². The summed E-state index contributed by atoms with van der Waals surface area (Å²) < 4.78 is 5.55. The molecule has 3 heteroatoms. The molecule has 1 unspecified atom stereocenters. The van der Waals surface area contributed by atoms with Gasteiger partial charge in [-0.15, -0.1) is 0 Å². The molecule has 3 nitrogen and oxygen atoms in total. The average molecular weight is 212 g/mol. The Morgan fingerprint density at radius 3 is 2.67 bits per heavy atom. The zero-order chi connectivity index (χ0) is 10.5. The van der Waals surface area contributed by atoms with E-state index in [1.807, 2.05) is 0 Å². The topological polar surface area (TPSA) is 24.5 Å². The highest BCUT2D eigenvalue weighted by molar-refractivity contribution is 4.82. The van der Waals surface area contributed by atoms with Crippen LogP contribution in [0.4, 0.5) is 0 Å². The smallest absolute Gasteiger partial charge is 0.0621 e. The number of piperidine rings is 1. The van der Waals surface area contributed by atoms with Crippen molar-refractivity contribution in [1.82, 2.24) is 10.2 Å². The highest BCUT2D eigenvalue weighted by atomic mass is 16.5. The van der Waals surface area contributed by atoms with Crippen LogP contribution in [0.25, 0.3) is 0 Å². The van der Waals surface area contributed by atoms with Crippen LogP contribution in [-0.4, -0.2) is 49.8 Å². The first-order valence-electron chi connectivity index (χ1n) is 6.45. The minimum atomic E-state index is 0.710. The number of likely N-dealkylation sites (tertiary alicyclic amines) is 1. The first-order chi connectivity index (χ1) is 7.40. The first kappa shape index (κ1) is 11.4. The SMILES string of the molecule is CCNC1CCN(C2CCCOC2)CC1. The van der Waals surface area contributed by atoms with E-state index in [4.69, 9.17) is 4.74 Å². The molecule has 1 atom stereocenters. The third kappa shape index (κ3) is 3.16. The van der Waals surface area contributed by atoms with Crippen molar-refractivity contribution in [3.63, 3.8) is 0 Å². The van der Waals surface area contributed by atoms with Gasteiger partial charge in [-0.05, 0) is 32.2 Å². The van der Waals surface area contributed by atoms with Crippen molar-refractivity contribution in [3.05, 3.63) is 0 Å². The Balaban J connectivity index is 1.72. The number of nitrogens with zero attached hydrogens (tertiary/aromatic N) is 1. The molecule has 15 heavy (non-hydrogen) atoms. The molecule has 0 aromatic heterocycles. The Morgan fingerprint density at radius 2 is 2.07 bits per heavy atom. The molecule has 0 aliphatic carbocycles. The van der Waals surface area contributed by atoms with E-state index in [2.05, 4.69) is 17.1 Å². The molecule has 88 valence electrons. The second-order valence-electron chi connectivity index (χ2n) is 4.74. The van der Waals surface area contributed by atoms with Crippen molar-refractivity contribution in [2.24, 2.45) is 0 Å². The summed E-state index contributed by atoms with van der Waals surface area (Å²) in [6.45, 7) is 7.76. The predicted octanol–water partition coefficient (Wildman–Crippen LogP) is 1.24. The first-order valence-corrected chi connectivity index (χ1v) is 6.45. The van der Waals surface area contributed by atoms with Gasteiger partial charge in [0.25, 0.3) is 0 Å². The Labute approximate surface area is 93.2 Å². The fraction of sp³-hybridized carbons (Fsp3) is 1.00. The molecule has 0 aromatic carbocycles.